The Labute approximate surface area is 243 Å². The summed E-state index contributed by atoms with van der Waals surface area (Å²) < 4.78 is 5.03. The number of benzene rings is 4. The van der Waals surface area contributed by atoms with Crippen LogP contribution in [-0.2, 0) is 16.0 Å². The van der Waals surface area contributed by atoms with Crippen molar-refractivity contribution >= 4 is 33.8 Å². The number of amides is 1. The summed E-state index contributed by atoms with van der Waals surface area (Å²) in [6.07, 6.45) is 2.14. The molecule has 2 aromatic heterocycles. The van der Waals surface area contributed by atoms with Crippen molar-refractivity contribution in [2.75, 3.05) is 7.11 Å². The zero-order chi connectivity index (χ0) is 29.2. The molecule has 2 heterocycles. The highest BCUT2D eigenvalue weighted by Crippen LogP contribution is 2.31. The lowest BCUT2D eigenvalue weighted by molar-refractivity contribution is -0.142. The second-order valence-corrected chi connectivity index (χ2v) is 10.5. The molecule has 0 unspecified atom stereocenters. The lowest BCUT2D eigenvalue weighted by Crippen LogP contribution is -2.43. The number of carbonyl (C=O) groups is 2. The number of para-hydroxylation sites is 1. The van der Waals surface area contributed by atoms with Gasteiger partial charge in [0.1, 0.15) is 6.04 Å². The van der Waals surface area contributed by atoms with Gasteiger partial charge in [0.2, 0.25) is 0 Å². The monoisotopic (exact) mass is 554 g/mol. The molecule has 0 bridgehead atoms. The van der Waals surface area contributed by atoms with Crippen LogP contribution in [0.3, 0.4) is 0 Å². The Morgan fingerprint density at radius 2 is 1.43 bits per heavy atom. The first kappa shape index (κ1) is 26.9. The number of aromatic amines is 1. The van der Waals surface area contributed by atoms with Gasteiger partial charge < -0.3 is 15.0 Å². The Morgan fingerprint density at radius 1 is 0.810 bits per heavy atom. The minimum Gasteiger partial charge on any atom is -0.467 e. The molecule has 0 aliphatic rings. The van der Waals surface area contributed by atoms with Gasteiger partial charge in [-0.1, -0.05) is 77.9 Å². The van der Waals surface area contributed by atoms with Crippen LogP contribution in [-0.4, -0.2) is 40.0 Å². The number of aromatic nitrogens is 3. The maximum absolute atomic E-state index is 13.4. The number of hydrogen-bond donors (Lipinski definition) is 2. The summed E-state index contributed by atoms with van der Waals surface area (Å²) in [6, 6.07) is 28.5. The van der Waals surface area contributed by atoms with Crippen LogP contribution in [0, 0.1) is 13.8 Å². The maximum Gasteiger partial charge on any atom is 0.328 e. The van der Waals surface area contributed by atoms with Crippen LogP contribution in [0.2, 0.25) is 0 Å². The molecule has 1 atom stereocenters. The molecular formula is C35H30N4O3. The Kier molecular flexibility index (Phi) is 7.23. The van der Waals surface area contributed by atoms with Gasteiger partial charge in [0.05, 0.1) is 29.5 Å². The summed E-state index contributed by atoms with van der Waals surface area (Å²) >= 11 is 0. The van der Waals surface area contributed by atoms with Gasteiger partial charge in [-0.25, -0.2) is 14.8 Å². The van der Waals surface area contributed by atoms with Gasteiger partial charge in [0.15, 0.2) is 0 Å². The summed E-state index contributed by atoms with van der Waals surface area (Å²) in [5.41, 5.74) is 9.22. The molecule has 208 valence electrons. The van der Waals surface area contributed by atoms with E-state index >= 15 is 0 Å². The van der Waals surface area contributed by atoms with Gasteiger partial charge in [-0.05, 0) is 43.7 Å². The highest BCUT2D eigenvalue weighted by atomic mass is 16.5. The summed E-state index contributed by atoms with van der Waals surface area (Å²) in [6.45, 7) is 4.09. The molecule has 1 amide bonds. The molecule has 0 saturated heterocycles. The average molecular weight is 555 g/mol. The van der Waals surface area contributed by atoms with E-state index in [0.717, 1.165) is 50.1 Å². The zero-order valence-electron chi connectivity index (χ0n) is 23.6. The first-order valence-corrected chi connectivity index (χ1v) is 13.8. The van der Waals surface area contributed by atoms with E-state index in [1.165, 1.54) is 7.11 Å². The molecule has 2 N–H and O–H groups in total. The van der Waals surface area contributed by atoms with Crippen LogP contribution >= 0.6 is 0 Å². The van der Waals surface area contributed by atoms with Crippen molar-refractivity contribution in [3.63, 3.8) is 0 Å². The van der Waals surface area contributed by atoms with Gasteiger partial charge >= 0.3 is 5.97 Å². The Hall–Kier alpha value is -5.30. The van der Waals surface area contributed by atoms with E-state index in [1.54, 1.807) is 18.2 Å². The van der Waals surface area contributed by atoms with Crippen molar-refractivity contribution in [1.29, 1.82) is 0 Å². The van der Waals surface area contributed by atoms with Crippen LogP contribution in [0.4, 0.5) is 0 Å². The molecule has 6 rings (SSSR count). The average Bonchev–Trinajstić information content (AvgIpc) is 3.43. The third kappa shape index (κ3) is 5.37. The number of nitrogens with one attached hydrogen (secondary N) is 2. The minimum atomic E-state index is -0.865. The van der Waals surface area contributed by atoms with E-state index in [-0.39, 0.29) is 6.42 Å². The number of fused-ring (bicyclic) bond motifs is 2. The largest absolute Gasteiger partial charge is 0.467 e. The summed E-state index contributed by atoms with van der Waals surface area (Å²) in [4.78, 5) is 39.4. The molecule has 0 saturated carbocycles. The predicted octanol–water partition coefficient (Wildman–Crippen LogP) is 6.58. The van der Waals surface area contributed by atoms with Crippen molar-refractivity contribution in [2.45, 2.75) is 26.3 Å². The number of aryl methyl sites for hydroxylation is 2. The highest BCUT2D eigenvalue weighted by Gasteiger charge is 2.24. The Bertz CT molecular complexity index is 1930. The SMILES string of the molecule is COC(=O)[C@H](Cc1c[nH]c2ccccc12)NC(=O)c1ccc2nc(-c3ccc(C)cc3)c(-c3ccc(C)cc3)nc2c1. The van der Waals surface area contributed by atoms with Gasteiger partial charge in [-0.3, -0.25) is 4.79 Å². The van der Waals surface area contributed by atoms with Crippen molar-refractivity contribution in [3.05, 3.63) is 119 Å². The first-order valence-electron chi connectivity index (χ1n) is 13.8. The normalized spacial score (nSPS) is 11.9. The number of esters is 1. The number of carbonyl (C=O) groups excluding carboxylic acids is 2. The number of rotatable bonds is 7. The highest BCUT2D eigenvalue weighted by molar-refractivity contribution is 6.00. The molecule has 4 aromatic carbocycles. The molecule has 6 aromatic rings. The third-order valence-corrected chi connectivity index (χ3v) is 7.47. The van der Waals surface area contributed by atoms with E-state index in [9.17, 15) is 9.59 Å². The van der Waals surface area contributed by atoms with Gasteiger partial charge in [0, 0.05) is 40.2 Å². The molecule has 7 nitrogen and oxygen atoms in total. The van der Waals surface area contributed by atoms with E-state index in [0.29, 0.717) is 16.6 Å². The third-order valence-electron chi connectivity index (χ3n) is 7.47. The standard InChI is InChI=1S/C35H30N4O3/c1-21-8-12-23(13-9-21)32-33(24-14-10-22(2)11-15-24)38-30-18-25(16-17-29(30)37-32)34(40)39-31(35(41)42-3)19-26-20-36-28-7-5-4-6-27(26)28/h4-18,20,31,36H,19H2,1-3H3,(H,39,40)/t31-/m0/s1. The second-order valence-electron chi connectivity index (χ2n) is 10.5. The van der Waals surface area contributed by atoms with E-state index < -0.39 is 17.9 Å². The summed E-state index contributed by atoms with van der Waals surface area (Å²) in [5.74, 6) is -0.910. The Balaban J connectivity index is 1.35. The van der Waals surface area contributed by atoms with Gasteiger partial charge in [-0.2, -0.15) is 0 Å². The van der Waals surface area contributed by atoms with Crippen LogP contribution < -0.4 is 5.32 Å². The number of ether oxygens (including phenoxy) is 1. The molecule has 0 aliphatic carbocycles. The second kappa shape index (κ2) is 11.3. The molecule has 0 spiro atoms. The maximum atomic E-state index is 13.4. The first-order chi connectivity index (χ1) is 20.4. The molecule has 0 aliphatic heterocycles. The van der Waals surface area contributed by atoms with Crippen molar-refractivity contribution < 1.29 is 14.3 Å². The summed E-state index contributed by atoms with van der Waals surface area (Å²) in [7, 11) is 1.32. The quantitative estimate of drug-likeness (QED) is 0.217. The zero-order valence-corrected chi connectivity index (χ0v) is 23.6. The van der Waals surface area contributed by atoms with Crippen LogP contribution in [0.15, 0.2) is 97.2 Å². The fourth-order valence-electron chi connectivity index (χ4n) is 5.12. The lowest BCUT2D eigenvalue weighted by Gasteiger charge is -2.17. The number of nitrogens with zero attached hydrogens (tertiary/aromatic N) is 2. The van der Waals surface area contributed by atoms with Crippen molar-refractivity contribution in [2.24, 2.45) is 0 Å². The van der Waals surface area contributed by atoms with Gasteiger partial charge in [0.25, 0.3) is 5.91 Å². The molecular weight excluding hydrogens is 524 g/mol. The predicted molar refractivity (Wildman–Crippen MR) is 165 cm³/mol. The molecule has 0 radical (unpaired) electrons. The van der Waals surface area contributed by atoms with Crippen LogP contribution in [0.1, 0.15) is 27.0 Å². The van der Waals surface area contributed by atoms with E-state index in [2.05, 4.69) is 29.4 Å². The van der Waals surface area contributed by atoms with Crippen molar-refractivity contribution in [3.8, 4) is 22.5 Å². The molecule has 7 heteroatoms. The van der Waals surface area contributed by atoms with E-state index in [4.69, 9.17) is 14.7 Å². The van der Waals surface area contributed by atoms with E-state index in [1.807, 2.05) is 73.8 Å². The van der Waals surface area contributed by atoms with Crippen LogP contribution in [0.5, 0.6) is 0 Å². The molecule has 0 fully saturated rings. The van der Waals surface area contributed by atoms with Gasteiger partial charge in [-0.15, -0.1) is 0 Å². The molecule has 42 heavy (non-hydrogen) atoms. The summed E-state index contributed by atoms with van der Waals surface area (Å²) in [5, 5.41) is 3.87. The van der Waals surface area contributed by atoms with Crippen LogP contribution in [0.25, 0.3) is 44.5 Å². The smallest absolute Gasteiger partial charge is 0.328 e. The fourth-order valence-corrected chi connectivity index (χ4v) is 5.12. The lowest BCUT2D eigenvalue weighted by atomic mass is 10.0. The fraction of sp³-hybridized carbons (Fsp3) is 0.143. The Morgan fingerprint density at radius 3 is 2.07 bits per heavy atom. The number of methoxy groups -OCH3 is 1. The van der Waals surface area contributed by atoms with Crippen molar-refractivity contribution in [1.82, 2.24) is 20.3 Å². The number of hydrogen-bond acceptors (Lipinski definition) is 5. The minimum absolute atomic E-state index is 0.285. The topological polar surface area (TPSA) is 97.0 Å². The number of H-pyrrole nitrogens is 1.